The van der Waals surface area contributed by atoms with Gasteiger partial charge in [0.15, 0.2) is 11.5 Å². The minimum absolute atomic E-state index is 0.124. The fraction of sp³-hybridized carbons (Fsp3) is 0.417. The van der Waals surface area contributed by atoms with Crippen LogP contribution in [0.3, 0.4) is 0 Å². The first kappa shape index (κ1) is 13.2. The Balaban J connectivity index is 3.23. The normalized spacial score (nSPS) is 11.9. The van der Waals surface area contributed by atoms with Gasteiger partial charge in [0, 0.05) is 0 Å². The molecule has 0 spiro atoms. The van der Waals surface area contributed by atoms with E-state index in [2.05, 4.69) is 0 Å². The van der Waals surface area contributed by atoms with E-state index in [1.807, 2.05) is 0 Å². The average Bonchev–Trinajstić information content (AvgIpc) is 2.28. The molecule has 1 unspecified atom stereocenters. The Bertz CT molecular complexity index is 414. The second kappa shape index (κ2) is 5.43. The minimum atomic E-state index is -0.961. The van der Waals surface area contributed by atoms with E-state index in [9.17, 15) is 9.90 Å². The summed E-state index contributed by atoms with van der Waals surface area (Å²) >= 11 is 0. The van der Waals surface area contributed by atoms with Crippen molar-refractivity contribution in [3.8, 4) is 17.2 Å². The van der Waals surface area contributed by atoms with Crippen molar-refractivity contribution in [1.29, 1.82) is 0 Å². The van der Waals surface area contributed by atoms with Gasteiger partial charge >= 0.3 is 5.97 Å². The van der Waals surface area contributed by atoms with Crippen LogP contribution >= 0.6 is 0 Å². The van der Waals surface area contributed by atoms with Crippen molar-refractivity contribution < 1.29 is 24.5 Å². The zero-order valence-corrected chi connectivity index (χ0v) is 10.1. The number of methoxy groups -OCH3 is 1. The Morgan fingerprint density at radius 2 is 2.12 bits per heavy atom. The van der Waals surface area contributed by atoms with Gasteiger partial charge in [-0.05, 0) is 31.5 Å². The van der Waals surface area contributed by atoms with E-state index < -0.39 is 11.9 Å². The van der Waals surface area contributed by atoms with Crippen LogP contribution in [0.4, 0.5) is 0 Å². The molecule has 0 aliphatic carbocycles. The lowest BCUT2D eigenvalue weighted by molar-refractivity contribution is -0.138. The standard InChI is InChI=1S/C12H16O5/c1-4-17-10-6-8(7(2)12(14)15)5-9(13)11(10)16-3/h5-7,13H,4H2,1-3H3,(H,14,15). The van der Waals surface area contributed by atoms with Crippen molar-refractivity contribution in [2.24, 2.45) is 0 Å². The molecule has 0 aromatic heterocycles. The number of phenols is 1. The number of carboxylic acids is 1. The van der Waals surface area contributed by atoms with Crippen LogP contribution in [0.25, 0.3) is 0 Å². The smallest absolute Gasteiger partial charge is 0.310 e. The van der Waals surface area contributed by atoms with Gasteiger partial charge in [-0.1, -0.05) is 0 Å². The number of hydrogen-bond acceptors (Lipinski definition) is 4. The van der Waals surface area contributed by atoms with Crippen LogP contribution in [0.2, 0.25) is 0 Å². The summed E-state index contributed by atoms with van der Waals surface area (Å²) in [4.78, 5) is 10.9. The maximum Gasteiger partial charge on any atom is 0.310 e. The van der Waals surface area contributed by atoms with Crippen molar-refractivity contribution in [1.82, 2.24) is 0 Å². The van der Waals surface area contributed by atoms with E-state index in [-0.39, 0.29) is 11.5 Å². The van der Waals surface area contributed by atoms with Crippen molar-refractivity contribution >= 4 is 5.97 Å². The number of aromatic hydroxyl groups is 1. The SMILES string of the molecule is CCOc1cc(C(C)C(=O)O)cc(O)c1OC. The quantitative estimate of drug-likeness (QED) is 0.823. The number of aliphatic carboxylic acids is 1. The first-order chi connectivity index (χ1) is 8.01. The number of carboxylic acid groups (broad SMARTS) is 1. The summed E-state index contributed by atoms with van der Waals surface area (Å²) in [6, 6.07) is 2.95. The van der Waals surface area contributed by atoms with E-state index in [4.69, 9.17) is 14.6 Å². The van der Waals surface area contributed by atoms with Gasteiger partial charge in [0.25, 0.3) is 0 Å². The minimum Gasteiger partial charge on any atom is -0.504 e. The van der Waals surface area contributed by atoms with Crippen molar-refractivity contribution in [3.63, 3.8) is 0 Å². The Kier molecular flexibility index (Phi) is 4.20. The van der Waals surface area contributed by atoms with Gasteiger partial charge in [0.2, 0.25) is 5.75 Å². The van der Waals surface area contributed by atoms with Crippen LogP contribution in [-0.4, -0.2) is 29.9 Å². The first-order valence-electron chi connectivity index (χ1n) is 5.27. The van der Waals surface area contributed by atoms with Gasteiger partial charge in [-0.2, -0.15) is 0 Å². The van der Waals surface area contributed by atoms with Crippen molar-refractivity contribution in [2.45, 2.75) is 19.8 Å². The highest BCUT2D eigenvalue weighted by atomic mass is 16.5. The lowest BCUT2D eigenvalue weighted by atomic mass is 10.0. The van der Waals surface area contributed by atoms with E-state index in [1.165, 1.54) is 13.2 Å². The largest absolute Gasteiger partial charge is 0.504 e. The highest BCUT2D eigenvalue weighted by molar-refractivity contribution is 5.76. The molecular formula is C12H16O5. The predicted molar refractivity (Wildman–Crippen MR) is 61.9 cm³/mol. The van der Waals surface area contributed by atoms with E-state index >= 15 is 0 Å². The van der Waals surface area contributed by atoms with Crippen LogP contribution in [0.15, 0.2) is 12.1 Å². The van der Waals surface area contributed by atoms with Gasteiger partial charge in [-0.25, -0.2) is 0 Å². The fourth-order valence-electron chi connectivity index (χ4n) is 1.47. The summed E-state index contributed by atoms with van der Waals surface area (Å²) in [5.74, 6) is -1.24. The summed E-state index contributed by atoms with van der Waals surface area (Å²) in [6.45, 7) is 3.74. The van der Waals surface area contributed by atoms with Gasteiger partial charge in [-0.3, -0.25) is 4.79 Å². The van der Waals surface area contributed by atoms with E-state index in [0.717, 1.165) is 0 Å². The monoisotopic (exact) mass is 240 g/mol. The number of phenolic OH excluding ortho intramolecular Hbond substituents is 1. The molecule has 0 saturated carbocycles. The summed E-state index contributed by atoms with van der Waals surface area (Å²) < 4.78 is 10.3. The fourth-order valence-corrected chi connectivity index (χ4v) is 1.47. The molecule has 2 N–H and O–H groups in total. The lowest BCUT2D eigenvalue weighted by Gasteiger charge is -2.14. The first-order valence-corrected chi connectivity index (χ1v) is 5.27. The molecule has 5 nitrogen and oxygen atoms in total. The molecule has 17 heavy (non-hydrogen) atoms. The molecule has 1 aromatic rings. The van der Waals surface area contributed by atoms with Gasteiger partial charge in [0.1, 0.15) is 0 Å². The summed E-state index contributed by atoms with van der Waals surface area (Å²) in [5, 5.41) is 18.7. The second-order valence-corrected chi connectivity index (χ2v) is 3.56. The van der Waals surface area contributed by atoms with E-state index in [0.29, 0.717) is 17.9 Å². The summed E-state index contributed by atoms with van der Waals surface area (Å²) in [5.41, 5.74) is 0.472. The molecule has 94 valence electrons. The average molecular weight is 240 g/mol. The molecule has 5 heteroatoms. The van der Waals surface area contributed by atoms with Crippen LogP contribution < -0.4 is 9.47 Å². The number of carbonyl (C=O) groups is 1. The Morgan fingerprint density at radius 3 is 2.59 bits per heavy atom. The third kappa shape index (κ3) is 2.81. The van der Waals surface area contributed by atoms with E-state index in [1.54, 1.807) is 19.9 Å². The van der Waals surface area contributed by atoms with Crippen LogP contribution in [0.5, 0.6) is 17.2 Å². The number of rotatable bonds is 5. The van der Waals surface area contributed by atoms with Crippen LogP contribution in [-0.2, 0) is 4.79 Å². The summed E-state index contributed by atoms with van der Waals surface area (Å²) in [6.07, 6.45) is 0. The maximum absolute atomic E-state index is 10.9. The number of benzene rings is 1. The number of ether oxygens (including phenoxy) is 2. The molecule has 1 aromatic carbocycles. The summed E-state index contributed by atoms with van der Waals surface area (Å²) in [7, 11) is 1.41. The molecule has 0 bridgehead atoms. The third-order valence-electron chi connectivity index (χ3n) is 2.43. The number of hydrogen-bond donors (Lipinski definition) is 2. The van der Waals surface area contributed by atoms with Crippen molar-refractivity contribution in [2.75, 3.05) is 13.7 Å². The Labute approximate surface area is 99.6 Å². The maximum atomic E-state index is 10.9. The highest BCUT2D eigenvalue weighted by Gasteiger charge is 2.19. The molecule has 1 rings (SSSR count). The van der Waals surface area contributed by atoms with Gasteiger partial charge in [-0.15, -0.1) is 0 Å². The topological polar surface area (TPSA) is 76.0 Å². The highest BCUT2D eigenvalue weighted by Crippen LogP contribution is 2.39. The molecule has 0 heterocycles. The second-order valence-electron chi connectivity index (χ2n) is 3.56. The molecule has 0 aliphatic rings. The Hall–Kier alpha value is -1.91. The van der Waals surface area contributed by atoms with Crippen molar-refractivity contribution in [3.05, 3.63) is 17.7 Å². The molecule has 0 radical (unpaired) electrons. The Morgan fingerprint density at radius 1 is 1.47 bits per heavy atom. The third-order valence-corrected chi connectivity index (χ3v) is 2.43. The van der Waals surface area contributed by atoms with Gasteiger partial charge in [0.05, 0.1) is 19.6 Å². The van der Waals surface area contributed by atoms with Gasteiger partial charge < -0.3 is 19.7 Å². The molecule has 0 fully saturated rings. The molecule has 1 atom stereocenters. The predicted octanol–water partition coefficient (Wildman–Crippen LogP) is 1.99. The molecular weight excluding hydrogens is 224 g/mol. The molecule has 0 saturated heterocycles. The van der Waals surface area contributed by atoms with Crippen LogP contribution in [0, 0.1) is 0 Å². The lowest BCUT2D eigenvalue weighted by Crippen LogP contribution is -2.08. The molecule has 0 aliphatic heterocycles. The zero-order valence-electron chi connectivity index (χ0n) is 10.1. The zero-order chi connectivity index (χ0) is 13.0. The molecule has 0 amide bonds. The van der Waals surface area contributed by atoms with Crippen LogP contribution in [0.1, 0.15) is 25.3 Å².